The summed E-state index contributed by atoms with van der Waals surface area (Å²) in [6.07, 6.45) is 0.490. The highest BCUT2D eigenvalue weighted by Crippen LogP contribution is 2.09. The standard InChI is InChI=1S/C10H9N3O2/c14-10-11-9(12-13-10)6-7-15-8-4-2-1-3-5-8/h1-5H,6-7H2. The largest absolute Gasteiger partial charge is 0.493 e. The topological polar surface area (TPSA) is 63.4 Å². The van der Waals surface area contributed by atoms with E-state index < -0.39 is 6.03 Å². The van der Waals surface area contributed by atoms with Crippen LogP contribution in [0, 0.1) is 0 Å². The molecular formula is C10H9N3O2. The number of ether oxygens (including phenoxy) is 1. The van der Waals surface area contributed by atoms with E-state index in [0.717, 1.165) is 5.75 Å². The van der Waals surface area contributed by atoms with Crippen LogP contribution in [0.25, 0.3) is 0 Å². The molecule has 1 heterocycles. The summed E-state index contributed by atoms with van der Waals surface area (Å²) in [5.41, 5.74) is 0. The molecule has 0 bridgehead atoms. The minimum atomic E-state index is -0.537. The zero-order valence-corrected chi connectivity index (χ0v) is 7.96. The Labute approximate surface area is 86.5 Å². The second-order valence-corrected chi connectivity index (χ2v) is 2.92. The molecule has 0 fully saturated rings. The highest BCUT2D eigenvalue weighted by molar-refractivity contribution is 5.98. The van der Waals surface area contributed by atoms with E-state index in [1.807, 2.05) is 30.3 Å². The van der Waals surface area contributed by atoms with Gasteiger partial charge in [0.05, 0.1) is 6.61 Å². The monoisotopic (exact) mass is 203 g/mol. The van der Waals surface area contributed by atoms with E-state index in [1.54, 1.807) is 0 Å². The summed E-state index contributed by atoms with van der Waals surface area (Å²) in [5, 5.41) is 6.86. The maximum Gasteiger partial charge on any atom is 0.387 e. The number of hydrogen-bond acceptors (Lipinski definition) is 3. The van der Waals surface area contributed by atoms with Gasteiger partial charge in [0, 0.05) is 6.42 Å². The van der Waals surface area contributed by atoms with Crippen molar-refractivity contribution in [3.05, 3.63) is 30.3 Å². The molecule has 0 unspecified atom stereocenters. The SMILES string of the molecule is O=C1N=NC(CCOc2ccccc2)=N1. The van der Waals surface area contributed by atoms with Gasteiger partial charge in [0.2, 0.25) is 0 Å². The van der Waals surface area contributed by atoms with Crippen molar-refractivity contribution in [1.82, 2.24) is 0 Å². The molecule has 0 atom stereocenters. The molecule has 0 aromatic heterocycles. The molecule has 5 heteroatoms. The Kier molecular flexibility index (Phi) is 2.82. The lowest BCUT2D eigenvalue weighted by Crippen LogP contribution is -2.02. The number of nitrogens with zero attached hydrogens (tertiary/aromatic N) is 3. The summed E-state index contributed by atoms with van der Waals surface area (Å²) >= 11 is 0. The third kappa shape index (κ3) is 2.70. The third-order valence-electron chi connectivity index (χ3n) is 1.81. The molecule has 15 heavy (non-hydrogen) atoms. The molecule has 0 spiro atoms. The van der Waals surface area contributed by atoms with Crippen LogP contribution in [0.15, 0.2) is 45.6 Å². The number of carbonyl (C=O) groups is 1. The van der Waals surface area contributed by atoms with E-state index in [2.05, 4.69) is 15.2 Å². The van der Waals surface area contributed by atoms with Gasteiger partial charge in [0.15, 0.2) is 5.84 Å². The Morgan fingerprint density at radius 1 is 1.13 bits per heavy atom. The fraction of sp³-hybridized carbons (Fsp3) is 0.200. The average Bonchev–Trinajstić information content (AvgIpc) is 2.66. The summed E-state index contributed by atoms with van der Waals surface area (Å²) in [5.74, 6) is 1.22. The van der Waals surface area contributed by atoms with Gasteiger partial charge in [-0.1, -0.05) is 23.3 Å². The van der Waals surface area contributed by atoms with Crippen LogP contribution in [0.4, 0.5) is 4.79 Å². The molecule has 2 rings (SSSR count). The molecule has 1 aliphatic heterocycles. The van der Waals surface area contributed by atoms with Crippen LogP contribution in [0.3, 0.4) is 0 Å². The van der Waals surface area contributed by atoms with Crippen molar-refractivity contribution in [2.45, 2.75) is 6.42 Å². The predicted octanol–water partition coefficient (Wildman–Crippen LogP) is 2.44. The molecule has 2 amide bonds. The lowest BCUT2D eigenvalue weighted by Gasteiger charge is -2.03. The zero-order valence-electron chi connectivity index (χ0n) is 7.96. The van der Waals surface area contributed by atoms with Gasteiger partial charge >= 0.3 is 6.03 Å². The van der Waals surface area contributed by atoms with E-state index in [4.69, 9.17) is 4.74 Å². The van der Waals surface area contributed by atoms with Crippen molar-refractivity contribution in [3.63, 3.8) is 0 Å². The zero-order chi connectivity index (χ0) is 10.5. The first-order valence-corrected chi connectivity index (χ1v) is 4.56. The quantitative estimate of drug-likeness (QED) is 0.754. The minimum Gasteiger partial charge on any atom is -0.493 e. The van der Waals surface area contributed by atoms with Gasteiger partial charge in [0.25, 0.3) is 0 Å². The maximum atomic E-state index is 10.6. The highest BCUT2D eigenvalue weighted by atomic mass is 16.5. The summed E-state index contributed by atoms with van der Waals surface area (Å²) in [6, 6.07) is 8.90. The Hall–Kier alpha value is -2.04. The number of amides is 2. The molecule has 0 radical (unpaired) electrons. The Morgan fingerprint density at radius 3 is 2.60 bits per heavy atom. The van der Waals surface area contributed by atoms with E-state index in [9.17, 15) is 4.79 Å². The van der Waals surface area contributed by atoms with Crippen molar-refractivity contribution in [3.8, 4) is 5.75 Å². The van der Waals surface area contributed by atoms with Crippen LogP contribution in [0.2, 0.25) is 0 Å². The van der Waals surface area contributed by atoms with Gasteiger partial charge in [-0.25, -0.2) is 4.79 Å². The Morgan fingerprint density at radius 2 is 1.93 bits per heavy atom. The van der Waals surface area contributed by atoms with Crippen molar-refractivity contribution in [2.75, 3.05) is 6.61 Å². The molecule has 0 aliphatic carbocycles. The molecular weight excluding hydrogens is 194 g/mol. The minimum absolute atomic E-state index is 0.427. The summed E-state index contributed by atoms with van der Waals surface area (Å²) in [7, 11) is 0. The summed E-state index contributed by atoms with van der Waals surface area (Å²) in [6.45, 7) is 0.440. The van der Waals surface area contributed by atoms with Gasteiger partial charge in [-0.3, -0.25) is 0 Å². The summed E-state index contributed by atoms with van der Waals surface area (Å²) in [4.78, 5) is 14.2. The van der Waals surface area contributed by atoms with Crippen molar-refractivity contribution < 1.29 is 9.53 Å². The molecule has 76 valence electrons. The molecule has 5 nitrogen and oxygen atoms in total. The van der Waals surface area contributed by atoms with E-state index in [-0.39, 0.29) is 0 Å². The van der Waals surface area contributed by atoms with Gasteiger partial charge in [-0.15, -0.1) is 5.11 Å². The van der Waals surface area contributed by atoms with Gasteiger partial charge in [-0.2, -0.15) is 4.99 Å². The van der Waals surface area contributed by atoms with E-state index in [0.29, 0.717) is 18.9 Å². The normalized spacial score (nSPS) is 14.1. The third-order valence-corrected chi connectivity index (χ3v) is 1.81. The smallest absolute Gasteiger partial charge is 0.387 e. The average molecular weight is 203 g/mol. The van der Waals surface area contributed by atoms with Crippen LogP contribution in [-0.4, -0.2) is 18.5 Å². The number of carbonyl (C=O) groups excluding carboxylic acids is 1. The number of rotatable bonds is 4. The number of para-hydroxylation sites is 1. The second-order valence-electron chi connectivity index (χ2n) is 2.92. The number of amidine groups is 1. The number of urea groups is 1. The first kappa shape index (κ1) is 9.51. The molecule has 0 N–H and O–H groups in total. The lowest BCUT2D eigenvalue weighted by atomic mass is 10.3. The van der Waals surface area contributed by atoms with Gasteiger partial charge in [-0.05, 0) is 12.1 Å². The van der Waals surface area contributed by atoms with Crippen molar-refractivity contribution in [2.24, 2.45) is 15.2 Å². The number of azo groups is 1. The Balaban J connectivity index is 1.79. The van der Waals surface area contributed by atoms with Gasteiger partial charge in [0.1, 0.15) is 5.75 Å². The van der Waals surface area contributed by atoms with E-state index >= 15 is 0 Å². The fourth-order valence-electron chi connectivity index (χ4n) is 1.14. The fourth-order valence-corrected chi connectivity index (χ4v) is 1.14. The first-order valence-electron chi connectivity index (χ1n) is 4.56. The van der Waals surface area contributed by atoms with E-state index in [1.165, 1.54) is 0 Å². The molecule has 1 aliphatic rings. The van der Waals surface area contributed by atoms with Gasteiger partial charge < -0.3 is 4.74 Å². The Bertz CT molecular complexity index is 412. The highest BCUT2D eigenvalue weighted by Gasteiger charge is 2.09. The molecule has 0 saturated carbocycles. The first-order chi connectivity index (χ1) is 7.34. The van der Waals surface area contributed by atoms with Crippen molar-refractivity contribution in [1.29, 1.82) is 0 Å². The molecule has 1 aromatic rings. The van der Waals surface area contributed by atoms with Crippen LogP contribution in [-0.2, 0) is 0 Å². The van der Waals surface area contributed by atoms with Crippen LogP contribution >= 0.6 is 0 Å². The van der Waals surface area contributed by atoms with Crippen LogP contribution in [0.5, 0.6) is 5.75 Å². The second kappa shape index (κ2) is 4.45. The van der Waals surface area contributed by atoms with Crippen LogP contribution in [0.1, 0.15) is 6.42 Å². The number of aliphatic imine (C=N–C) groups is 1. The number of hydrogen-bond donors (Lipinski definition) is 0. The van der Waals surface area contributed by atoms with Crippen LogP contribution < -0.4 is 4.74 Å². The maximum absolute atomic E-state index is 10.6. The number of benzene rings is 1. The van der Waals surface area contributed by atoms with Crippen molar-refractivity contribution >= 4 is 11.9 Å². The molecule has 0 saturated heterocycles. The summed E-state index contributed by atoms with van der Waals surface area (Å²) < 4.78 is 5.41. The molecule has 1 aromatic carbocycles. The lowest BCUT2D eigenvalue weighted by molar-refractivity contribution is 0.257. The predicted molar refractivity (Wildman–Crippen MR) is 54.2 cm³/mol.